The van der Waals surface area contributed by atoms with Gasteiger partial charge in [-0.1, -0.05) is 47.8 Å². The molecular formula is C21H23N3O6S4. The molecule has 182 valence electrons. The number of methoxy groups -OCH3 is 1. The van der Waals surface area contributed by atoms with E-state index in [9.17, 15) is 23.4 Å². The average Bonchev–Trinajstić information content (AvgIpc) is 3.30. The van der Waals surface area contributed by atoms with Crippen molar-refractivity contribution in [3.8, 4) is 16.9 Å². The van der Waals surface area contributed by atoms with Gasteiger partial charge in [-0.2, -0.15) is 9.10 Å². The number of sulfonamides is 1. The standard InChI is InChI=1S/C21H23N3O6S4/c1-30-16-7-3-13(4-8-16)14-5-9-17(10-6-14)34(28,29)24-18(19(26)27)11-15(25)12-32-21-22-20(31-2)23-33-21/h3-10,15,18,24-25H,11-12H2,1-2H3,(H,26,27). The van der Waals surface area contributed by atoms with Crippen molar-refractivity contribution in [3.05, 3.63) is 48.5 Å². The minimum atomic E-state index is -4.12. The summed E-state index contributed by atoms with van der Waals surface area (Å²) < 4.78 is 37.6. The van der Waals surface area contributed by atoms with E-state index in [4.69, 9.17) is 4.74 Å². The number of ether oxygens (including phenoxy) is 1. The molecule has 2 unspecified atom stereocenters. The summed E-state index contributed by atoms with van der Waals surface area (Å²) >= 11 is 3.82. The molecule has 0 saturated heterocycles. The molecule has 0 amide bonds. The molecule has 2 aromatic carbocycles. The zero-order valence-corrected chi connectivity index (χ0v) is 21.5. The van der Waals surface area contributed by atoms with Crippen LogP contribution in [0.3, 0.4) is 0 Å². The van der Waals surface area contributed by atoms with Gasteiger partial charge in [0.05, 0.1) is 18.1 Å². The molecule has 13 heteroatoms. The lowest BCUT2D eigenvalue weighted by molar-refractivity contribution is -0.139. The minimum Gasteiger partial charge on any atom is -0.497 e. The molecule has 3 rings (SSSR count). The normalized spacial score (nSPS) is 13.4. The minimum absolute atomic E-state index is 0.0710. The number of thioether (sulfide) groups is 2. The maximum Gasteiger partial charge on any atom is 0.321 e. The molecule has 0 saturated carbocycles. The molecule has 2 atom stereocenters. The summed E-state index contributed by atoms with van der Waals surface area (Å²) in [6.07, 6.45) is 0.495. The zero-order chi connectivity index (χ0) is 24.7. The van der Waals surface area contributed by atoms with E-state index in [1.165, 1.54) is 47.2 Å². The second kappa shape index (κ2) is 12.0. The van der Waals surface area contributed by atoms with Crippen molar-refractivity contribution in [2.75, 3.05) is 19.1 Å². The molecule has 0 aliphatic rings. The summed E-state index contributed by atoms with van der Waals surface area (Å²) in [6.45, 7) is 0. The first-order chi connectivity index (χ1) is 16.2. The van der Waals surface area contributed by atoms with Crippen LogP contribution in [-0.4, -0.2) is 65.2 Å². The molecule has 0 spiro atoms. The fourth-order valence-electron chi connectivity index (χ4n) is 2.91. The van der Waals surface area contributed by atoms with Crippen LogP contribution in [0.25, 0.3) is 11.1 Å². The molecule has 1 heterocycles. The average molecular weight is 542 g/mol. The molecule has 34 heavy (non-hydrogen) atoms. The first kappa shape index (κ1) is 26.4. The fraction of sp³-hybridized carbons (Fsp3) is 0.286. The largest absolute Gasteiger partial charge is 0.497 e. The predicted molar refractivity (Wildman–Crippen MR) is 133 cm³/mol. The summed E-state index contributed by atoms with van der Waals surface area (Å²) in [4.78, 5) is 15.8. The number of hydrogen-bond donors (Lipinski definition) is 3. The third-order valence-corrected chi connectivity index (χ3v) is 8.79. The molecule has 1 aromatic heterocycles. The Balaban J connectivity index is 1.63. The molecule has 0 radical (unpaired) electrons. The molecular weight excluding hydrogens is 519 g/mol. The van der Waals surface area contributed by atoms with Gasteiger partial charge in [0, 0.05) is 12.2 Å². The van der Waals surface area contributed by atoms with Crippen LogP contribution in [0.2, 0.25) is 0 Å². The van der Waals surface area contributed by atoms with Gasteiger partial charge >= 0.3 is 5.97 Å². The van der Waals surface area contributed by atoms with Gasteiger partial charge in [0.15, 0.2) is 4.34 Å². The van der Waals surface area contributed by atoms with Crippen LogP contribution in [0.15, 0.2) is 62.9 Å². The lowest BCUT2D eigenvalue weighted by Crippen LogP contribution is -2.43. The topological polar surface area (TPSA) is 139 Å². The number of nitrogens with one attached hydrogen (secondary N) is 1. The van der Waals surface area contributed by atoms with Crippen molar-refractivity contribution in [1.82, 2.24) is 14.1 Å². The summed E-state index contributed by atoms with van der Waals surface area (Å²) in [5, 5.41) is 20.4. The van der Waals surface area contributed by atoms with E-state index in [2.05, 4.69) is 14.1 Å². The Hall–Kier alpha value is -2.16. The quantitative estimate of drug-likeness (QED) is 0.293. The molecule has 0 fully saturated rings. The number of hydrogen-bond acceptors (Lipinski definition) is 10. The lowest BCUT2D eigenvalue weighted by atomic mass is 10.1. The van der Waals surface area contributed by atoms with E-state index in [0.717, 1.165) is 11.1 Å². The number of aliphatic carboxylic acids is 1. The SMILES string of the molecule is COc1ccc(-c2ccc(S(=O)(=O)NC(CC(O)CSc3nc(SC)ns3)C(=O)O)cc2)cc1. The first-order valence-corrected chi connectivity index (χ1v) is 14.4. The second-order valence-electron chi connectivity index (χ2n) is 7.01. The number of rotatable bonds is 12. The molecule has 0 aliphatic heterocycles. The number of aromatic nitrogens is 2. The van der Waals surface area contributed by atoms with Crippen LogP contribution >= 0.6 is 35.1 Å². The van der Waals surface area contributed by atoms with E-state index < -0.39 is 28.1 Å². The third-order valence-electron chi connectivity index (χ3n) is 4.66. The van der Waals surface area contributed by atoms with E-state index in [0.29, 0.717) is 15.2 Å². The molecule has 3 N–H and O–H groups in total. The van der Waals surface area contributed by atoms with Crippen molar-refractivity contribution >= 4 is 51.0 Å². The van der Waals surface area contributed by atoms with Gasteiger partial charge in [0.1, 0.15) is 11.8 Å². The number of nitrogens with zero attached hydrogens (tertiary/aromatic N) is 2. The first-order valence-electron chi connectivity index (χ1n) is 9.90. The van der Waals surface area contributed by atoms with Crippen LogP contribution in [0.4, 0.5) is 0 Å². The smallest absolute Gasteiger partial charge is 0.321 e. The number of benzene rings is 2. The number of carboxylic acids is 1. The van der Waals surface area contributed by atoms with Crippen LogP contribution in [0.1, 0.15) is 6.42 Å². The van der Waals surface area contributed by atoms with Crippen molar-refractivity contribution < 1.29 is 28.2 Å². The number of aliphatic hydroxyl groups excluding tert-OH is 1. The van der Waals surface area contributed by atoms with Gasteiger partial charge < -0.3 is 14.9 Å². The second-order valence-corrected chi connectivity index (χ2v) is 11.5. The van der Waals surface area contributed by atoms with Crippen molar-refractivity contribution in [1.29, 1.82) is 0 Å². The highest BCUT2D eigenvalue weighted by atomic mass is 32.2. The fourth-order valence-corrected chi connectivity index (χ4v) is 6.29. The highest BCUT2D eigenvalue weighted by Gasteiger charge is 2.28. The Morgan fingerprint density at radius 3 is 2.29 bits per heavy atom. The van der Waals surface area contributed by atoms with E-state index in [-0.39, 0.29) is 17.1 Å². The summed E-state index contributed by atoms with van der Waals surface area (Å²) in [5.74, 6) is -0.506. The van der Waals surface area contributed by atoms with Crippen molar-refractivity contribution in [2.45, 2.75) is 33.0 Å². The van der Waals surface area contributed by atoms with Crippen LogP contribution in [0.5, 0.6) is 5.75 Å². The Morgan fingerprint density at radius 2 is 1.76 bits per heavy atom. The Bertz CT molecular complexity index is 1200. The summed E-state index contributed by atoms with van der Waals surface area (Å²) in [6, 6.07) is 11.9. The monoisotopic (exact) mass is 541 g/mol. The number of carbonyl (C=O) groups is 1. The van der Waals surface area contributed by atoms with Gasteiger partial charge in [0.25, 0.3) is 0 Å². The Kier molecular flexibility index (Phi) is 9.33. The Morgan fingerprint density at radius 1 is 1.15 bits per heavy atom. The van der Waals surface area contributed by atoms with Gasteiger partial charge in [-0.3, -0.25) is 4.79 Å². The lowest BCUT2D eigenvalue weighted by Gasteiger charge is -2.18. The van der Waals surface area contributed by atoms with Crippen LogP contribution < -0.4 is 9.46 Å². The maximum atomic E-state index is 12.8. The molecule has 3 aromatic rings. The highest BCUT2D eigenvalue weighted by Crippen LogP contribution is 2.26. The van der Waals surface area contributed by atoms with Crippen LogP contribution in [-0.2, 0) is 14.8 Å². The Labute approximate surface area is 210 Å². The highest BCUT2D eigenvalue weighted by molar-refractivity contribution is 8.01. The molecule has 9 nitrogen and oxygen atoms in total. The van der Waals surface area contributed by atoms with Gasteiger partial charge in [0.2, 0.25) is 15.2 Å². The maximum absolute atomic E-state index is 12.8. The van der Waals surface area contributed by atoms with Gasteiger partial charge in [-0.15, -0.1) is 0 Å². The van der Waals surface area contributed by atoms with Gasteiger partial charge in [-0.05, 0) is 53.2 Å². The summed E-state index contributed by atoms with van der Waals surface area (Å²) in [5.41, 5.74) is 1.67. The van der Waals surface area contributed by atoms with Gasteiger partial charge in [-0.25, -0.2) is 13.4 Å². The summed E-state index contributed by atoms with van der Waals surface area (Å²) in [7, 11) is -2.55. The zero-order valence-electron chi connectivity index (χ0n) is 18.2. The molecule has 0 aliphatic carbocycles. The third kappa shape index (κ3) is 7.17. The van der Waals surface area contributed by atoms with E-state index in [1.807, 2.05) is 18.4 Å². The van der Waals surface area contributed by atoms with Crippen LogP contribution in [0, 0.1) is 0 Å². The predicted octanol–water partition coefficient (Wildman–Crippen LogP) is 3.21. The van der Waals surface area contributed by atoms with E-state index >= 15 is 0 Å². The van der Waals surface area contributed by atoms with E-state index in [1.54, 1.807) is 31.4 Å². The van der Waals surface area contributed by atoms with Crippen molar-refractivity contribution in [3.63, 3.8) is 0 Å². The number of carboxylic acid groups (broad SMARTS) is 1. The molecule has 0 bridgehead atoms. The number of aliphatic hydroxyl groups is 1. The van der Waals surface area contributed by atoms with Crippen molar-refractivity contribution in [2.24, 2.45) is 0 Å².